The third kappa shape index (κ3) is 8.24. The monoisotopic (exact) mass is 567 g/mol. The van der Waals surface area contributed by atoms with E-state index < -0.39 is 34.1 Å². The highest BCUT2D eigenvalue weighted by Gasteiger charge is 2.32. The van der Waals surface area contributed by atoms with Gasteiger partial charge in [-0.25, -0.2) is 8.42 Å². The van der Waals surface area contributed by atoms with Gasteiger partial charge in [-0.05, 0) is 70.0 Å². The lowest BCUT2D eigenvalue weighted by Crippen LogP contribution is -2.54. The number of anilines is 1. The van der Waals surface area contributed by atoms with Crippen LogP contribution in [0, 0.1) is 6.92 Å². The molecule has 192 valence electrons. The maximum atomic E-state index is 13.6. The minimum Gasteiger partial charge on any atom is -0.495 e. The number of methoxy groups -OCH3 is 1. The van der Waals surface area contributed by atoms with Crippen LogP contribution in [0.3, 0.4) is 0 Å². The summed E-state index contributed by atoms with van der Waals surface area (Å²) in [6.07, 6.45) is 1.04. The van der Waals surface area contributed by atoms with E-state index in [1.807, 2.05) is 52.0 Å². The fourth-order valence-corrected chi connectivity index (χ4v) is 4.54. The van der Waals surface area contributed by atoms with Gasteiger partial charge in [0.05, 0.1) is 19.1 Å². The van der Waals surface area contributed by atoms with E-state index in [1.165, 1.54) is 12.0 Å². The van der Waals surface area contributed by atoms with Crippen LogP contribution < -0.4 is 14.4 Å². The van der Waals surface area contributed by atoms with Crippen molar-refractivity contribution in [1.82, 2.24) is 10.2 Å². The van der Waals surface area contributed by atoms with E-state index in [4.69, 9.17) is 4.74 Å². The molecular weight excluding hydrogens is 534 g/mol. The van der Waals surface area contributed by atoms with Gasteiger partial charge in [-0.3, -0.25) is 13.9 Å². The van der Waals surface area contributed by atoms with Crippen LogP contribution in [-0.4, -0.2) is 56.6 Å². The number of nitrogens with zero attached hydrogens (tertiary/aromatic N) is 2. The van der Waals surface area contributed by atoms with Crippen LogP contribution >= 0.6 is 15.9 Å². The smallest absolute Gasteiger partial charge is 0.244 e. The lowest BCUT2D eigenvalue weighted by molar-refractivity contribution is -0.140. The minimum absolute atomic E-state index is 0.132. The summed E-state index contributed by atoms with van der Waals surface area (Å²) < 4.78 is 32.8. The standard InChI is InChI=1S/C25H34BrN3O5S/c1-17-8-13-22(34-6)21(14-17)29(35(7,32)33)16-23(30)28(15-19-9-11-20(26)12-10-19)18(2)24(31)27-25(3,4)5/h8-14,18H,15-16H2,1-7H3,(H,27,31). The lowest BCUT2D eigenvalue weighted by Gasteiger charge is -2.33. The minimum atomic E-state index is -3.85. The van der Waals surface area contributed by atoms with E-state index in [2.05, 4.69) is 21.2 Å². The molecule has 0 aliphatic rings. The Morgan fingerprint density at radius 2 is 1.71 bits per heavy atom. The van der Waals surface area contributed by atoms with Crippen molar-refractivity contribution >= 4 is 43.5 Å². The predicted octanol–water partition coefficient (Wildman–Crippen LogP) is 3.86. The molecule has 0 aliphatic heterocycles. The summed E-state index contributed by atoms with van der Waals surface area (Å²) in [6, 6.07) is 11.6. The van der Waals surface area contributed by atoms with Crippen LogP contribution in [0.25, 0.3) is 0 Å². The zero-order chi connectivity index (χ0) is 26.6. The van der Waals surface area contributed by atoms with Crippen molar-refractivity contribution in [3.8, 4) is 5.75 Å². The zero-order valence-corrected chi connectivity index (χ0v) is 23.7. The first-order valence-electron chi connectivity index (χ1n) is 11.1. The Labute approximate surface area is 216 Å². The van der Waals surface area contributed by atoms with Gasteiger partial charge >= 0.3 is 0 Å². The molecule has 0 spiro atoms. The van der Waals surface area contributed by atoms with Crippen molar-refractivity contribution in [1.29, 1.82) is 0 Å². The molecule has 10 heteroatoms. The average molecular weight is 569 g/mol. The van der Waals surface area contributed by atoms with Crippen LogP contribution in [0.4, 0.5) is 5.69 Å². The second-order valence-corrected chi connectivity index (χ2v) is 12.3. The molecule has 2 rings (SSSR count). The number of amides is 2. The number of carbonyl (C=O) groups excluding carboxylic acids is 2. The molecule has 2 amide bonds. The maximum absolute atomic E-state index is 13.6. The second kappa shape index (κ2) is 11.4. The fraction of sp³-hybridized carbons (Fsp3) is 0.440. The molecule has 8 nitrogen and oxygen atoms in total. The summed E-state index contributed by atoms with van der Waals surface area (Å²) >= 11 is 3.40. The molecule has 0 aromatic heterocycles. The topological polar surface area (TPSA) is 96.0 Å². The van der Waals surface area contributed by atoms with Gasteiger partial charge in [-0.1, -0.05) is 34.1 Å². The zero-order valence-electron chi connectivity index (χ0n) is 21.3. The molecular formula is C25H34BrN3O5S. The van der Waals surface area contributed by atoms with Gasteiger partial charge in [0.15, 0.2) is 0 Å². The number of aryl methyl sites for hydroxylation is 1. The Kier molecular flexibility index (Phi) is 9.36. The number of rotatable bonds is 9. The summed E-state index contributed by atoms with van der Waals surface area (Å²) in [5, 5.41) is 2.90. The average Bonchev–Trinajstić information content (AvgIpc) is 2.74. The number of hydrogen-bond donors (Lipinski definition) is 1. The van der Waals surface area contributed by atoms with Gasteiger partial charge < -0.3 is 15.0 Å². The van der Waals surface area contributed by atoms with E-state index in [1.54, 1.807) is 25.1 Å². The van der Waals surface area contributed by atoms with Crippen molar-refractivity contribution in [3.05, 3.63) is 58.1 Å². The molecule has 0 saturated carbocycles. The van der Waals surface area contributed by atoms with Crippen LogP contribution in [-0.2, 0) is 26.2 Å². The molecule has 1 atom stereocenters. The Bertz CT molecular complexity index is 1160. The summed E-state index contributed by atoms with van der Waals surface area (Å²) in [5.41, 5.74) is 1.38. The van der Waals surface area contributed by atoms with Crippen LogP contribution in [0.1, 0.15) is 38.8 Å². The highest BCUT2D eigenvalue weighted by atomic mass is 79.9. The fourth-order valence-electron chi connectivity index (χ4n) is 3.43. The van der Waals surface area contributed by atoms with Crippen molar-refractivity contribution in [3.63, 3.8) is 0 Å². The van der Waals surface area contributed by atoms with Crippen molar-refractivity contribution in [2.75, 3.05) is 24.2 Å². The highest BCUT2D eigenvalue weighted by Crippen LogP contribution is 2.31. The van der Waals surface area contributed by atoms with E-state index in [9.17, 15) is 18.0 Å². The normalized spacial score (nSPS) is 12.6. The molecule has 1 unspecified atom stereocenters. The van der Waals surface area contributed by atoms with E-state index in [0.717, 1.165) is 26.2 Å². The first-order valence-corrected chi connectivity index (χ1v) is 13.7. The Hall–Kier alpha value is -2.59. The number of benzene rings is 2. The summed E-state index contributed by atoms with van der Waals surface area (Å²) in [4.78, 5) is 28.0. The third-order valence-electron chi connectivity index (χ3n) is 5.21. The number of halogens is 1. The predicted molar refractivity (Wildman–Crippen MR) is 142 cm³/mol. The SMILES string of the molecule is COc1ccc(C)cc1N(CC(=O)N(Cc1ccc(Br)cc1)C(C)C(=O)NC(C)(C)C)S(C)(=O)=O. The molecule has 2 aromatic carbocycles. The molecule has 0 heterocycles. The molecule has 0 fully saturated rings. The summed E-state index contributed by atoms with van der Waals surface area (Å²) in [6.45, 7) is 8.67. The van der Waals surface area contributed by atoms with Gasteiger partial charge in [0.2, 0.25) is 21.8 Å². The quantitative estimate of drug-likeness (QED) is 0.496. The first-order chi connectivity index (χ1) is 16.1. The number of nitrogens with one attached hydrogen (secondary N) is 1. The summed E-state index contributed by atoms with van der Waals surface area (Å²) in [7, 11) is -2.41. The maximum Gasteiger partial charge on any atom is 0.244 e. The molecule has 2 aromatic rings. The molecule has 1 N–H and O–H groups in total. The molecule has 0 aliphatic carbocycles. The van der Waals surface area contributed by atoms with Gasteiger partial charge in [-0.2, -0.15) is 0 Å². The lowest BCUT2D eigenvalue weighted by atomic mass is 10.1. The van der Waals surface area contributed by atoms with Gasteiger partial charge in [0, 0.05) is 16.6 Å². The molecule has 0 bridgehead atoms. The van der Waals surface area contributed by atoms with Gasteiger partial charge in [-0.15, -0.1) is 0 Å². The van der Waals surface area contributed by atoms with Crippen molar-refractivity contribution in [2.45, 2.75) is 52.7 Å². The Balaban J connectivity index is 2.47. The number of sulfonamides is 1. The second-order valence-electron chi connectivity index (χ2n) is 9.51. The molecule has 0 saturated heterocycles. The van der Waals surface area contributed by atoms with E-state index >= 15 is 0 Å². The van der Waals surface area contributed by atoms with Crippen molar-refractivity contribution < 1.29 is 22.7 Å². The molecule has 0 radical (unpaired) electrons. The number of hydrogen-bond acceptors (Lipinski definition) is 5. The van der Waals surface area contributed by atoms with Crippen molar-refractivity contribution in [2.24, 2.45) is 0 Å². The van der Waals surface area contributed by atoms with Crippen LogP contribution in [0.15, 0.2) is 46.9 Å². The summed E-state index contributed by atoms with van der Waals surface area (Å²) in [5.74, 6) is -0.521. The van der Waals surface area contributed by atoms with E-state index in [0.29, 0.717) is 5.75 Å². The molecule has 35 heavy (non-hydrogen) atoms. The van der Waals surface area contributed by atoms with Gasteiger partial charge in [0.1, 0.15) is 18.3 Å². The van der Waals surface area contributed by atoms with Crippen LogP contribution in [0.2, 0.25) is 0 Å². The Morgan fingerprint density at radius 1 is 1.11 bits per heavy atom. The number of carbonyl (C=O) groups is 2. The third-order valence-corrected chi connectivity index (χ3v) is 6.87. The van der Waals surface area contributed by atoms with Gasteiger partial charge in [0.25, 0.3) is 0 Å². The van der Waals surface area contributed by atoms with Crippen LogP contribution in [0.5, 0.6) is 5.75 Å². The largest absolute Gasteiger partial charge is 0.495 e. The highest BCUT2D eigenvalue weighted by molar-refractivity contribution is 9.10. The number of ether oxygens (including phenoxy) is 1. The Morgan fingerprint density at radius 3 is 2.23 bits per heavy atom. The first kappa shape index (κ1) is 28.6. The van der Waals surface area contributed by atoms with E-state index in [-0.39, 0.29) is 18.1 Å².